The summed E-state index contributed by atoms with van der Waals surface area (Å²) in [5.74, 6) is -1.25. The first-order valence-corrected chi connectivity index (χ1v) is 10.5. The first-order valence-electron chi connectivity index (χ1n) is 10.5. The molecule has 0 aromatic carbocycles. The number of aromatic nitrogens is 2. The summed E-state index contributed by atoms with van der Waals surface area (Å²) in [5.41, 5.74) is 10.4. The van der Waals surface area contributed by atoms with Gasteiger partial charge >= 0.3 is 0 Å². The number of nitrogens with one attached hydrogen (secondary N) is 4. The molecule has 0 aliphatic carbocycles. The lowest BCUT2D eigenvalue weighted by Gasteiger charge is -2.08. The van der Waals surface area contributed by atoms with E-state index >= 15 is 0 Å². The van der Waals surface area contributed by atoms with Gasteiger partial charge in [0, 0.05) is 48.8 Å². The van der Waals surface area contributed by atoms with Crippen LogP contribution in [0.5, 0.6) is 0 Å². The SMILES string of the molecule is O=C(CCCCCCCCC(=O)NNC(=O)c1ccncc1)NNC(=O)c1ccncc1. The van der Waals surface area contributed by atoms with Crippen LogP contribution in [-0.2, 0) is 9.59 Å². The molecule has 10 heteroatoms. The van der Waals surface area contributed by atoms with Crippen molar-refractivity contribution in [3.63, 3.8) is 0 Å². The van der Waals surface area contributed by atoms with Gasteiger partial charge in [-0.15, -0.1) is 0 Å². The van der Waals surface area contributed by atoms with E-state index in [1.54, 1.807) is 24.3 Å². The van der Waals surface area contributed by atoms with Crippen molar-refractivity contribution in [2.45, 2.75) is 51.4 Å². The molecule has 0 fully saturated rings. The van der Waals surface area contributed by atoms with Crippen molar-refractivity contribution in [3.8, 4) is 0 Å². The average Bonchev–Trinajstić information content (AvgIpc) is 2.83. The van der Waals surface area contributed by atoms with E-state index in [2.05, 4.69) is 31.7 Å². The fourth-order valence-corrected chi connectivity index (χ4v) is 2.81. The molecule has 2 aromatic heterocycles. The maximum Gasteiger partial charge on any atom is 0.269 e. The molecule has 0 aliphatic heterocycles. The second-order valence-corrected chi connectivity index (χ2v) is 7.10. The molecule has 0 aliphatic rings. The van der Waals surface area contributed by atoms with Crippen molar-refractivity contribution >= 4 is 23.6 Å². The number of hydrogen-bond acceptors (Lipinski definition) is 6. The Morgan fingerprint density at radius 3 is 1.25 bits per heavy atom. The lowest BCUT2D eigenvalue weighted by Crippen LogP contribution is -2.41. The molecule has 0 atom stereocenters. The molecular weight excluding hydrogens is 412 g/mol. The molecule has 0 saturated heterocycles. The van der Waals surface area contributed by atoms with Crippen molar-refractivity contribution in [2.24, 2.45) is 0 Å². The fourth-order valence-electron chi connectivity index (χ4n) is 2.81. The number of hydrazine groups is 2. The van der Waals surface area contributed by atoms with Crippen LogP contribution in [0.15, 0.2) is 49.1 Å². The highest BCUT2D eigenvalue weighted by Gasteiger charge is 2.08. The molecule has 2 aromatic rings. The van der Waals surface area contributed by atoms with Gasteiger partial charge in [-0.2, -0.15) is 0 Å². The Kier molecular flexibility index (Phi) is 10.9. The highest BCUT2D eigenvalue weighted by molar-refractivity contribution is 5.95. The maximum atomic E-state index is 11.8. The van der Waals surface area contributed by atoms with Crippen LogP contribution in [-0.4, -0.2) is 33.6 Å². The number of carbonyl (C=O) groups excluding carboxylic acids is 4. The van der Waals surface area contributed by atoms with Crippen LogP contribution in [0.4, 0.5) is 0 Å². The molecule has 0 saturated carbocycles. The molecule has 32 heavy (non-hydrogen) atoms. The minimum absolute atomic E-state index is 0.238. The van der Waals surface area contributed by atoms with Crippen LogP contribution in [0.25, 0.3) is 0 Å². The third-order valence-corrected chi connectivity index (χ3v) is 4.57. The summed E-state index contributed by atoms with van der Waals surface area (Å²) < 4.78 is 0. The van der Waals surface area contributed by atoms with Crippen LogP contribution < -0.4 is 21.7 Å². The Hall–Kier alpha value is -3.82. The number of rotatable bonds is 11. The number of hydrogen-bond donors (Lipinski definition) is 4. The Balaban J connectivity index is 1.42. The number of carbonyl (C=O) groups is 4. The van der Waals surface area contributed by atoms with Gasteiger partial charge < -0.3 is 0 Å². The van der Waals surface area contributed by atoms with Crippen molar-refractivity contribution in [2.75, 3.05) is 0 Å². The predicted octanol–water partition coefficient (Wildman–Crippen LogP) is 1.82. The summed E-state index contributed by atoms with van der Waals surface area (Å²) in [6, 6.07) is 6.24. The quantitative estimate of drug-likeness (QED) is 0.310. The van der Waals surface area contributed by atoms with E-state index in [1.807, 2.05) is 0 Å². The Bertz CT molecular complexity index is 803. The first kappa shape index (κ1) is 24.4. The van der Waals surface area contributed by atoms with Crippen molar-refractivity contribution in [1.82, 2.24) is 31.7 Å². The van der Waals surface area contributed by atoms with E-state index in [1.165, 1.54) is 24.8 Å². The first-order chi connectivity index (χ1) is 15.6. The summed E-state index contributed by atoms with van der Waals surface area (Å²) in [6.45, 7) is 0. The third kappa shape index (κ3) is 9.79. The van der Waals surface area contributed by atoms with E-state index in [4.69, 9.17) is 0 Å². The topological polar surface area (TPSA) is 142 Å². The summed E-state index contributed by atoms with van der Waals surface area (Å²) in [7, 11) is 0. The summed E-state index contributed by atoms with van der Waals surface area (Å²) in [6.07, 6.45) is 11.8. The third-order valence-electron chi connectivity index (χ3n) is 4.57. The molecule has 10 nitrogen and oxygen atoms in total. The average molecular weight is 441 g/mol. The zero-order valence-electron chi connectivity index (χ0n) is 17.8. The zero-order chi connectivity index (χ0) is 23.0. The molecule has 0 spiro atoms. The highest BCUT2D eigenvalue weighted by Crippen LogP contribution is 2.08. The number of amides is 4. The highest BCUT2D eigenvalue weighted by atomic mass is 16.2. The van der Waals surface area contributed by atoms with E-state index in [-0.39, 0.29) is 23.6 Å². The Morgan fingerprint density at radius 1 is 0.531 bits per heavy atom. The molecule has 4 N–H and O–H groups in total. The smallest absolute Gasteiger partial charge is 0.269 e. The molecule has 0 radical (unpaired) electrons. The lowest BCUT2D eigenvalue weighted by atomic mass is 10.1. The van der Waals surface area contributed by atoms with Crippen LogP contribution in [0.2, 0.25) is 0 Å². The zero-order valence-corrected chi connectivity index (χ0v) is 17.8. The van der Waals surface area contributed by atoms with Gasteiger partial charge in [-0.25, -0.2) is 0 Å². The summed E-state index contributed by atoms with van der Waals surface area (Å²) in [4.78, 5) is 54.8. The van der Waals surface area contributed by atoms with Gasteiger partial charge in [0.05, 0.1) is 0 Å². The fraction of sp³-hybridized carbons (Fsp3) is 0.364. The normalized spacial score (nSPS) is 10.1. The summed E-state index contributed by atoms with van der Waals surface area (Å²) in [5, 5.41) is 0. The van der Waals surface area contributed by atoms with E-state index in [0.29, 0.717) is 24.0 Å². The van der Waals surface area contributed by atoms with Crippen LogP contribution in [0.3, 0.4) is 0 Å². The second-order valence-electron chi connectivity index (χ2n) is 7.10. The summed E-state index contributed by atoms with van der Waals surface area (Å²) >= 11 is 0. The lowest BCUT2D eigenvalue weighted by molar-refractivity contribution is -0.122. The molecular formula is C22H28N6O4. The van der Waals surface area contributed by atoms with Crippen LogP contribution in [0.1, 0.15) is 72.1 Å². The van der Waals surface area contributed by atoms with E-state index in [9.17, 15) is 19.2 Å². The van der Waals surface area contributed by atoms with E-state index in [0.717, 1.165) is 38.5 Å². The van der Waals surface area contributed by atoms with Crippen molar-refractivity contribution in [1.29, 1.82) is 0 Å². The monoisotopic (exact) mass is 440 g/mol. The van der Waals surface area contributed by atoms with Crippen LogP contribution >= 0.6 is 0 Å². The number of pyridine rings is 2. The molecule has 170 valence electrons. The second kappa shape index (κ2) is 14.2. The van der Waals surface area contributed by atoms with Crippen LogP contribution in [0, 0.1) is 0 Å². The molecule has 0 unspecified atom stereocenters. The minimum atomic E-state index is -0.387. The molecule has 2 heterocycles. The number of unbranched alkanes of at least 4 members (excludes halogenated alkanes) is 5. The molecule has 4 amide bonds. The van der Waals surface area contributed by atoms with Gasteiger partial charge in [-0.05, 0) is 37.1 Å². The standard InChI is InChI=1S/C22H28N6O4/c29-19(25-27-21(31)17-9-13-23-14-10-17)7-5-3-1-2-4-6-8-20(30)26-28-22(32)18-11-15-24-16-12-18/h9-16H,1-8H2,(H,25,29)(H,26,30)(H,27,31)(H,28,32). The van der Waals surface area contributed by atoms with Gasteiger partial charge in [0.1, 0.15) is 0 Å². The van der Waals surface area contributed by atoms with Gasteiger partial charge in [-0.3, -0.25) is 50.8 Å². The Labute approximate surface area is 186 Å². The van der Waals surface area contributed by atoms with Crippen molar-refractivity contribution in [3.05, 3.63) is 60.2 Å². The number of nitrogens with zero attached hydrogens (tertiary/aromatic N) is 2. The molecule has 0 bridgehead atoms. The maximum absolute atomic E-state index is 11.8. The molecule has 2 rings (SSSR count). The minimum Gasteiger partial charge on any atom is -0.273 e. The van der Waals surface area contributed by atoms with Gasteiger partial charge in [0.15, 0.2) is 0 Å². The van der Waals surface area contributed by atoms with Gasteiger partial charge in [0.2, 0.25) is 11.8 Å². The van der Waals surface area contributed by atoms with Gasteiger partial charge in [0.25, 0.3) is 11.8 Å². The Morgan fingerprint density at radius 2 is 0.875 bits per heavy atom. The van der Waals surface area contributed by atoms with Gasteiger partial charge in [-0.1, -0.05) is 25.7 Å². The van der Waals surface area contributed by atoms with Crippen molar-refractivity contribution < 1.29 is 19.2 Å². The largest absolute Gasteiger partial charge is 0.273 e. The van der Waals surface area contributed by atoms with E-state index < -0.39 is 0 Å². The predicted molar refractivity (Wildman–Crippen MR) is 117 cm³/mol.